The summed E-state index contributed by atoms with van der Waals surface area (Å²) in [7, 11) is 3.61. The Morgan fingerprint density at radius 2 is 2.19 bits per heavy atom. The monoisotopic (exact) mass is 471 g/mol. The largest absolute Gasteiger partial charge is 0.496 e. The molecule has 5 nitrogen and oxygen atoms in total. The van der Waals surface area contributed by atoms with Crippen LogP contribution in [0.4, 0.5) is 0 Å². The van der Waals surface area contributed by atoms with E-state index in [0.29, 0.717) is 12.0 Å². The smallest absolute Gasteiger partial charge is 0.193 e. The fraction of sp³-hybridized carbons (Fsp3) is 0.650. The third-order valence-electron chi connectivity index (χ3n) is 6.10. The van der Waals surface area contributed by atoms with Crippen LogP contribution in [-0.2, 0) is 13.0 Å². The van der Waals surface area contributed by atoms with Crippen molar-refractivity contribution in [3.05, 3.63) is 23.3 Å². The first-order valence-corrected chi connectivity index (χ1v) is 9.44. The van der Waals surface area contributed by atoms with Gasteiger partial charge in [0.05, 0.1) is 7.11 Å². The van der Waals surface area contributed by atoms with Crippen LogP contribution in [0, 0.1) is 5.41 Å². The van der Waals surface area contributed by atoms with Gasteiger partial charge in [0.1, 0.15) is 17.6 Å². The fourth-order valence-electron chi connectivity index (χ4n) is 4.52. The van der Waals surface area contributed by atoms with E-state index in [1.54, 1.807) is 7.11 Å². The standard InChI is InChI=1S/C20H29N3O2.HI/c1-14-9-15-10-17(24-3)16(11-18(15)25-14)12-22-19(21-2)23-8-7-20(13-23)5-4-6-20;/h10-11,14H,4-9,12-13H2,1-3H3,(H,21,22);1H. The molecule has 0 amide bonds. The van der Waals surface area contributed by atoms with Crippen molar-refractivity contribution in [1.29, 1.82) is 0 Å². The molecule has 0 bridgehead atoms. The topological polar surface area (TPSA) is 46.1 Å². The number of nitrogens with zero attached hydrogens (tertiary/aromatic N) is 2. The molecule has 3 aliphatic rings. The minimum Gasteiger partial charge on any atom is -0.496 e. The average molecular weight is 471 g/mol. The van der Waals surface area contributed by atoms with E-state index in [1.165, 1.54) is 31.2 Å². The highest BCUT2D eigenvalue weighted by atomic mass is 127. The lowest BCUT2D eigenvalue weighted by Gasteiger charge is -2.38. The van der Waals surface area contributed by atoms with Crippen molar-refractivity contribution < 1.29 is 9.47 Å². The summed E-state index contributed by atoms with van der Waals surface area (Å²) >= 11 is 0. The lowest BCUT2D eigenvalue weighted by molar-refractivity contribution is 0.151. The Kier molecular flexibility index (Phi) is 5.89. The predicted molar refractivity (Wildman–Crippen MR) is 115 cm³/mol. The number of likely N-dealkylation sites (tertiary alicyclic amines) is 1. The van der Waals surface area contributed by atoms with Gasteiger partial charge < -0.3 is 19.7 Å². The Hall–Kier alpha value is -1.18. The molecule has 4 rings (SSSR count). The molecule has 1 aromatic carbocycles. The van der Waals surface area contributed by atoms with Crippen LogP contribution >= 0.6 is 24.0 Å². The fourth-order valence-corrected chi connectivity index (χ4v) is 4.52. The average Bonchev–Trinajstić information content (AvgIpc) is 3.17. The first-order chi connectivity index (χ1) is 12.1. The number of guanidine groups is 1. The highest BCUT2D eigenvalue weighted by molar-refractivity contribution is 14.0. The molecule has 0 aromatic heterocycles. The van der Waals surface area contributed by atoms with Crippen molar-refractivity contribution in [3.8, 4) is 11.5 Å². The van der Waals surface area contributed by atoms with Gasteiger partial charge in [-0.25, -0.2) is 0 Å². The zero-order valence-corrected chi connectivity index (χ0v) is 18.3. The van der Waals surface area contributed by atoms with Gasteiger partial charge in [0.2, 0.25) is 0 Å². The maximum absolute atomic E-state index is 5.91. The molecule has 26 heavy (non-hydrogen) atoms. The molecule has 1 N–H and O–H groups in total. The van der Waals surface area contributed by atoms with E-state index in [2.05, 4.69) is 34.3 Å². The quantitative estimate of drug-likeness (QED) is 0.416. The molecule has 2 heterocycles. The van der Waals surface area contributed by atoms with Crippen molar-refractivity contribution in [3.63, 3.8) is 0 Å². The summed E-state index contributed by atoms with van der Waals surface area (Å²) in [6.07, 6.45) is 6.67. The molecule has 2 fully saturated rings. The summed E-state index contributed by atoms with van der Waals surface area (Å²) in [5.41, 5.74) is 2.94. The van der Waals surface area contributed by atoms with E-state index >= 15 is 0 Å². The molecule has 1 aliphatic carbocycles. The van der Waals surface area contributed by atoms with Crippen LogP contribution in [0.5, 0.6) is 11.5 Å². The molecular weight excluding hydrogens is 441 g/mol. The number of hydrogen-bond donors (Lipinski definition) is 1. The maximum atomic E-state index is 5.91. The number of ether oxygens (including phenoxy) is 2. The zero-order valence-electron chi connectivity index (χ0n) is 16.0. The predicted octanol–water partition coefficient (Wildman–Crippen LogP) is 3.59. The van der Waals surface area contributed by atoms with Gasteiger partial charge in [-0.2, -0.15) is 0 Å². The van der Waals surface area contributed by atoms with Gasteiger partial charge in [-0.1, -0.05) is 6.42 Å². The summed E-state index contributed by atoms with van der Waals surface area (Å²) in [5.74, 6) is 2.92. The van der Waals surface area contributed by atoms with Gasteiger partial charge >= 0.3 is 0 Å². The second-order valence-electron chi connectivity index (χ2n) is 7.83. The van der Waals surface area contributed by atoms with E-state index in [4.69, 9.17) is 9.47 Å². The molecular formula is C20H30IN3O2. The lowest BCUT2D eigenvalue weighted by atomic mass is 9.68. The van der Waals surface area contributed by atoms with Gasteiger partial charge in [0.25, 0.3) is 0 Å². The summed E-state index contributed by atoms with van der Waals surface area (Å²) in [4.78, 5) is 6.92. The zero-order chi connectivity index (χ0) is 17.4. The van der Waals surface area contributed by atoms with Gasteiger partial charge in [-0.05, 0) is 43.7 Å². The normalized spacial score (nSPS) is 23.1. The number of hydrogen-bond acceptors (Lipinski definition) is 3. The van der Waals surface area contributed by atoms with Crippen molar-refractivity contribution in [2.45, 2.75) is 51.7 Å². The lowest BCUT2D eigenvalue weighted by Crippen LogP contribution is -2.42. The first-order valence-electron chi connectivity index (χ1n) is 9.44. The Balaban J connectivity index is 0.00000196. The van der Waals surface area contributed by atoms with Gasteiger partial charge in [0.15, 0.2) is 5.96 Å². The molecule has 1 spiro atoms. The number of benzene rings is 1. The molecule has 0 radical (unpaired) electrons. The highest BCUT2D eigenvalue weighted by Crippen LogP contribution is 2.47. The maximum Gasteiger partial charge on any atom is 0.193 e. The second kappa shape index (κ2) is 7.82. The number of nitrogens with one attached hydrogen (secondary N) is 1. The first kappa shape index (κ1) is 19.6. The molecule has 1 atom stereocenters. The van der Waals surface area contributed by atoms with Crippen molar-refractivity contribution in [2.75, 3.05) is 27.2 Å². The Labute approximate surface area is 173 Å². The van der Waals surface area contributed by atoms with E-state index in [1.807, 2.05) is 7.05 Å². The third-order valence-corrected chi connectivity index (χ3v) is 6.10. The Morgan fingerprint density at radius 1 is 1.38 bits per heavy atom. The van der Waals surface area contributed by atoms with Gasteiger partial charge in [0, 0.05) is 44.2 Å². The number of halogens is 1. The van der Waals surface area contributed by atoms with Crippen LogP contribution in [0.25, 0.3) is 0 Å². The van der Waals surface area contributed by atoms with Gasteiger partial charge in [-0.15, -0.1) is 24.0 Å². The summed E-state index contributed by atoms with van der Waals surface area (Å²) < 4.78 is 11.5. The molecule has 1 saturated heterocycles. The van der Waals surface area contributed by atoms with E-state index in [0.717, 1.165) is 42.5 Å². The summed E-state index contributed by atoms with van der Waals surface area (Å²) in [5, 5.41) is 3.53. The molecule has 6 heteroatoms. The summed E-state index contributed by atoms with van der Waals surface area (Å²) in [6, 6.07) is 4.24. The van der Waals surface area contributed by atoms with Crippen LogP contribution in [-0.4, -0.2) is 44.2 Å². The molecule has 2 aliphatic heterocycles. The minimum atomic E-state index is 0. The highest BCUT2D eigenvalue weighted by Gasteiger charge is 2.43. The van der Waals surface area contributed by atoms with Crippen LogP contribution in [0.1, 0.15) is 43.7 Å². The van der Waals surface area contributed by atoms with Crippen molar-refractivity contribution in [1.82, 2.24) is 10.2 Å². The minimum absolute atomic E-state index is 0. The van der Waals surface area contributed by atoms with Crippen LogP contribution in [0.15, 0.2) is 17.1 Å². The third kappa shape index (κ3) is 3.62. The van der Waals surface area contributed by atoms with Crippen molar-refractivity contribution in [2.24, 2.45) is 10.4 Å². The number of rotatable bonds is 3. The summed E-state index contributed by atoms with van der Waals surface area (Å²) in [6.45, 7) is 5.07. The SMILES string of the molecule is CN=C(NCc1cc2c(cc1OC)CC(C)O2)N1CCC2(CCC2)C1.I. The van der Waals surface area contributed by atoms with Crippen LogP contribution < -0.4 is 14.8 Å². The van der Waals surface area contributed by atoms with Gasteiger partial charge in [-0.3, -0.25) is 4.99 Å². The molecule has 144 valence electrons. The number of methoxy groups -OCH3 is 1. The number of fused-ring (bicyclic) bond motifs is 1. The molecule has 1 aromatic rings. The van der Waals surface area contributed by atoms with Crippen LogP contribution in [0.3, 0.4) is 0 Å². The van der Waals surface area contributed by atoms with E-state index in [9.17, 15) is 0 Å². The van der Waals surface area contributed by atoms with E-state index in [-0.39, 0.29) is 30.1 Å². The van der Waals surface area contributed by atoms with E-state index < -0.39 is 0 Å². The molecule has 1 unspecified atom stereocenters. The van der Waals surface area contributed by atoms with Crippen molar-refractivity contribution >= 4 is 29.9 Å². The Bertz CT molecular complexity index is 688. The number of aliphatic imine (C=N–C) groups is 1. The Morgan fingerprint density at radius 3 is 2.81 bits per heavy atom. The second-order valence-corrected chi connectivity index (χ2v) is 7.83. The van der Waals surface area contributed by atoms with Crippen LogP contribution in [0.2, 0.25) is 0 Å². The molecule has 1 saturated carbocycles.